The summed E-state index contributed by atoms with van der Waals surface area (Å²) in [7, 11) is 0. The lowest BCUT2D eigenvalue weighted by Crippen LogP contribution is -2.19. The van der Waals surface area contributed by atoms with Crippen molar-refractivity contribution in [1.29, 1.82) is 0 Å². The number of hydrogen-bond acceptors (Lipinski definition) is 6. The first kappa shape index (κ1) is 16.1. The van der Waals surface area contributed by atoms with Crippen molar-refractivity contribution in [3.63, 3.8) is 0 Å². The van der Waals surface area contributed by atoms with Crippen LogP contribution in [0.1, 0.15) is 18.0 Å². The van der Waals surface area contributed by atoms with E-state index in [9.17, 15) is 20.2 Å². The molecule has 0 aliphatic carbocycles. The molecule has 1 atom stereocenters. The minimum Gasteiger partial charge on any atom is -0.258 e. The molecule has 24 heavy (non-hydrogen) atoms. The maximum Gasteiger partial charge on any atom is 0.301 e. The summed E-state index contributed by atoms with van der Waals surface area (Å²) in [5, 5.41) is 28.1. The fraction of sp³-hybridized carbons (Fsp3) is 0.133. The Kier molecular flexibility index (Phi) is 4.26. The van der Waals surface area contributed by atoms with E-state index >= 15 is 0 Å². The summed E-state index contributed by atoms with van der Waals surface area (Å²) in [5.74, 6) is 0. The van der Waals surface area contributed by atoms with Gasteiger partial charge in [-0.05, 0) is 27.6 Å². The summed E-state index contributed by atoms with van der Waals surface area (Å²) in [4.78, 5) is 21.0. The smallest absolute Gasteiger partial charge is 0.258 e. The van der Waals surface area contributed by atoms with Crippen LogP contribution in [0.3, 0.4) is 0 Å². The first-order valence-corrected chi connectivity index (χ1v) is 7.76. The van der Waals surface area contributed by atoms with Gasteiger partial charge in [0.25, 0.3) is 5.69 Å². The molecule has 0 saturated carbocycles. The summed E-state index contributed by atoms with van der Waals surface area (Å²) in [5.41, 5.74) is 0.484. The van der Waals surface area contributed by atoms with Gasteiger partial charge in [0.1, 0.15) is 10.3 Å². The second kappa shape index (κ2) is 6.36. The molecule has 0 fully saturated rings. The van der Waals surface area contributed by atoms with E-state index < -0.39 is 9.85 Å². The van der Waals surface area contributed by atoms with Gasteiger partial charge in [-0.3, -0.25) is 20.2 Å². The zero-order valence-electron chi connectivity index (χ0n) is 12.2. The molecule has 1 heterocycles. The van der Waals surface area contributed by atoms with Crippen LogP contribution in [0, 0.1) is 20.2 Å². The van der Waals surface area contributed by atoms with Crippen molar-refractivity contribution in [3.05, 3.63) is 74.3 Å². The van der Waals surface area contributed by atoms with Crippen LogP contribution < -0.4 is 5.01 Å². The molecule has 0 radical (unpaired) electrons. The zero-order chi connectivity index (χ0) is 17.3. The van der Waals surface area contributed by atoms with Gasteiger partial charge in [-0.25, -0.2) is 5.01 Å². The number of hydrazone groups is 1. The number of nitrogens with zero attached hydrogens (tertiary/aromatic N) is 4. The number of halogens is 1. The SMILES string of the molecule is O=[N+]([O-])c1ccc(N2N=C(Br)CC2c2ccccc2)c([N+](=O)[O-])c1. The average molecular weight is 391 g/mol. The molecular formula is C15H11BrN4O4. The average Bonchev–Trinajstić information content (AvgIpc) is 2.96. The van der Waals surface area contributed by atoms with Gasteiger partial charge in [0.05, 0.1) is 22.0 Å². The molecule has 0 spiro atoms. The number of benzene rings is 2. The summed E-state index contributed by atoms with van der Waals surface area (Å²) >= 11 is 3.34. The van der Waals surface area contributed by atoms with Crippen molar-refractivity contribution in [2.75, 3.05) is 5.01 Å². The molecule has 2 aromatic carbocycles. The van der Waals surface area contributed by atoms with E-state index in [0.717, 1.165) is 11.6 Å². The molecule has 1 unspecified atom stereocenters. The molecule has 8 nitrogen and oxygen atoms in total. The fourth-order valence-corrected chi connectivity index (χ4v) is 3.07. The Morgan fingerprint density at radius 3 is 2.42 bits per heavy atom. The number of anilines is 1. The Labute approximate surface area is 144 Å². The highest BCUT2D eigenvalue weighted by molar-refractivity contribution is 9.18. The third-order valence-electron chi connectivity index (χ3n) is 3.67. The summed E-state index contributed by atoms with van der Waals surface area (Å²) < 4.78 is 0.656. The molecule has 1 aliphatic heterocycles. The van der Waals surface area contributed by atoms with Crippen LogP contribution in [0.15, 0.2) is 53.6 Å². The van der Waals surface area contributed by atoms with Gasteiger partial charge in [-0.1, -0.05) is 30.3 Å². The van der Waals surface area contributed by atoms with Crippen molar-refractivity contribution < 1.29 is 9.85 Å². The standard InChI is InChI=1S/C15H11BrN4O4/c16-15-9-13(10-4-2-1-3-5-10)18(17-15)12-7-6-11(19(21)22)8-14(12)20(23)24/h1-8,13H,9H2. The molecule has 1 aliphatic rings. The van der Waals surface area contributed by atoms with Crippen LogP contribution in [-0.2, 0) is 0 Å². The van der Waals surface area contributed by atoms with E-state index in [4.69, 9.17) is 0 Å². The van der Waals surface area contributed by atoms with Crippen LogP contribution >= 0.6 is 15.9 Å². The van der Waals surface area contributed by atoms with Crippen LogP contribution in [0.25, 0.3) is 0 Å². The van der Waals surface area contributed by atoms with Crippen molar-refractivity contribution in [3.8, 4) is 0 Å². The molecule has 2 aromatic rings. The predicted molar refractivity (Wildman–Crippen MR) is 92.4 cm³/mol. The zero-order valence-corrected chi connectivity index (χ0v) is 13.8. The summed E-state index contributed by atoms with van der Waals surface area (Å²) in [6, 6.07) is 12.8. The predicted octanol–water partition coefficient (Wildman–Crippen LogP) is 4.16. The van der Waals surface area contributed by atoms with Crippen LogP contribution in [-0.4, -0.2) is 14.5 Å². The van der Waals surface area contributed by atoms with Crippen molar-refractivity contribution in [1.82, 2.24) is 0 Å². The highest BCUT2D eigenvalue weighted by atomic mass is 79.9. The Morgan fingerprint density at radius 1 is 1.08 bits per heavy atom. The quantitative estimate of drug-likeness (QED) is 0.575. The molecule has 3 rings (SSSR count). The lowest BCUT2D eigenvalue weighted by molar-refractivity contribution is -0.393. The van der Waals surface area contributed by atoms with Gasteiger partial charge in [-0.2, -0.15) is 5.10 Å². The Morgan fingerprint density at radius 2 is 1.79 bits per heavy atom. The number of nitro benzene ring substituents is 2. The fourth-order valence-electron chi connectivity index (χ4n) is 2.59. The van der Waals surface area contributed by atoms with Crippen molar-refractivity contribution in [2.24, 2.45) is 5.10 Å². The molecule has 0 amide bonds. The molecule has 0 aromatic heterocycles. The Bertz CT molecular complexity index is 841. The summed E-state index contributed by atoms with van der Waals surface area (Å²) in [6.45, 7) is 0. The van der Waals surface area contributed by atoms with Gasteiger partial charge < -0.3 is 0 Å². The number of rotatable bonds is 4. The van der Waals surface area contributed by atoms with E-state index in [0.29, 0.717) is 11.0 Å². The molecule has 0 saturated heterocycles. The number of nitro groups is 2. The normalized spacial score (nSPS) is 16.8. The molecule has 122 valence electrons. The lowest BCUT2D eigenvalue weighted by Gasteiger charge is -2.23. The van der Waals surface area contributed by atoms with E-state index in [-0.39, 0.29) is 23.1 Å². The van der Waals surface area contributed by atoms with Gasteiger partial charge in [0.2, 0.25) is 0 Å². The van der Waals surface area contributed by atoms with Crippen molar-refractivity contribution >= 4 is 37.6 Å². The highest BCUT2D eigenvalue weighted by Crippen LogP contribution is 2.41. The van der Waals surface area contributed by atoms with Gasteiger partial charge in [0, 0.05) is 12.5 Å². The molecule has 9 heteroatoms. The topological polar surface area (TPSA) is 102 Å². The third kappa shape index (κ3) is 2.98. The number of hydrogen-bond donors (Lipinski definition) is 0. The minimum atomic E-state index is -0.658. The monoisotopic (exact) mass is 390 g/mol. The highest BCUT2D eigenvalue weighted by Gasteiger charge is 2.33. The van der Waals surface area contributed by atoms with E-state index in [1.54, 1.807) is 0 Å². The minimum absolute atomic E-state index is 0.217. The maximum atomic E-state index is 11.4. The molecule has 0 bridgehead atoms. The lowest BCUT2D eigenvalue weighted by atomic mass is 10.0. The first-order chi connectivity index (χ1) is 11.5. The van der Waals surface area contributed by atoms with Gasteiger partial charge in [-0.15, -0.1) is 0 Å². The van der Waals surface area contributed by atoms with E-state index in [2.05, 4.69) is 21.0 Å². The van der Waals surface area contributed by atoms with E-state index in [1.165, 1.54) is 17.1 Å². The van der Waals surface area contributed by atoms with Crippen LogP contribution in [0.4, 0.5) is 17.1 Å². The van der Waals surface area contributed by atoms with Crippen molar-refractivity contribution in [2.45, 2.75) is 12.5 Å². The third-order valence-corrected chi connectivity index (χ3v) is 4.15. The van der Waals surface area contributed by atoms with Gasteiger partial charge in [0.15, 0.2) is 0 Å². The number of non-ortho nitro benzene ring substituents is 1. The van der Waals surface area contributed by atoms with Crippen LogP contribution in [0.2, 0.25) is 0 Å². The first-order valence-electron chi connectivity index (χ1n) is 6.97. The Hall–Kier alpha value is -2.81. The second-order valence-corrected chi connectivity index (χ2v) is 6.05. The maximum absolute atomic E-state index is 11.4. The largest absolute Gasteiger partial charge is 0.301 e. The van der Waals surface area contributed by atoms with E-state index in [1.807, 2.05) is 30.3 Å². The Balaban J connectivity index is 2.09. The summed E-state index contributed by atoms with van der Waals surface area (Å²) in [6.07, 6.45) is 0.554. The van der Waals surface area contributed by atoms with Crippen LogP contribution in [0.5, 0.6) is 0 Å². The molecule has 0 N–H and O–H groups in total. The molecular weight excluding hydrogens is 380 g/mol. The second-order valence-electron chi connectivity index (χ2n) is 5.14. The van der Waals surface area contributed by atoms with Gasteiger partial charge >= 0.3 is 5.69 Å².